The lowest BCUT2D eigenvalue weighted by Crippen LogP contribution is -2.56. The summed E-state index contributed by atoms with van der Waals surface area (Å²) in [6.07, 6.45) is 5.22. The van der Waals surface area contributed by atoms with Crippen LogP contribution in [0.15, 0.2) is 24.3 Å². The molecule has 0 bridgehead atoms. The van der Waals surface area contributed by atoms with Gasteiger partial charge in [-0.1, -0.05) is 18.2 Å². The number of hydrogen-bond acceptors (Lipinski definition) is 5. The number of carbonyl (C=O) groups is 1. The number of para-hydroxylation sites is 1. The first-order valence-corrected chi connectivity index (χ1v) is 11.4. The van der Waals surface area contributed by atoms with Crippen LogP contribution in [-0.2, 0) is 9.63 Å². The summed E-state index contributed by atoms with van der Waals surface area (Å²) in [5.41, 5.74) is 2.72. The van der Waals surface area contributed by atoms with Gasteiger partial charge in [-0.15, -0.1) is 0 Å². The molecule has 0 unspecified atom stereocenters. The zero-order valence-electron chi connectivity index (χ0n) is 17.9. The highest BCUT2D eigenvalue weighted by atomic mass is 16.7. The van der Waals surface area contributed by atoms with Crippen LogP contribution < -0.4 is 4.90 Å². The first kappa shape index (κ1) is 20.6. The molecule has 0 radical (unpaired) electrons. The maximum Gasteiger partial charge on any atom is 0.224 e. The number of aryl methyl sites for hydroxylation is 1. The molecular formula is C23H36N4O2. The predicted octanol–water partition coefficient (Wildman–Crippen LogP) is 2.53. The first-order chi connectivity index (χ1) is 14.2. The van der Waals surface area contributed by atoms with Gasteiger partial charge in [0.2, 0.25) is 5.91 Å². The molecule has 1 amide bonds. The van der Waals surface area contributed by atoms with Gasteiger partial charge in [-0.25, -0.2) is 0 Å². The van der Waals surface area contributed by atoms with Crippen molar-refractivity contribution in [1.29, 1.82) is 0 Å². The van der Waals surface area contributed by atoms with Crippen LogP contribution in [0.2, 0.25) is 0 Å². The highest BCUT2D eigenvalue weighted by molar-refractivity contribution is 5.76. The van der Waals surface area contributed by atoms with E-state index in [2.05, 4.69) is 45.9 Å². The van der Waals surface area contributed by atoms with E-state index in [-0.39, 0.29) is 0 Å². The maximum absolute atomic E-state index is 12.8. The summed E-state index contributed by atoms with van der Waals surface area (Å²) in [6.45, 7) is 10.8. The van der Waals surface area contributed by atoms with Crippen LogP contribution in [0.5, 0.6) is 0 Å². The number of benzene rings is 1. The largest absolute Gasteiger partial charge is 0.369 e. The van der Waals surface area contributed by atoms with Gasteiger partial charge in [0.05, 0.1) is 6.61 Å². The Hall–Kier alpha value is -1.63. The van der Waals surface area contributed by atoms with Crippen LogP contribution >= 0.6 is 0 Å². The molecule has 3 heterocycles. The number of rotatable bonds is 5. The minimum absolute atomic E-state index is 0.294. The van der Waals surface area contributed by atoms with E-state index >= 15 is 0 Å². The lowest BCUT2D eigenvalue weighted by atomic mass is 10.0. The molecule has 0 spiro atoms. The highest BCUT2D eigenvalue weighted by Crippen LogP contribution is 2.23. The van der Waals surface area contributed by atoms with Crippen LogP contribution in [0.3, 0.4) is 0 Å². The molecule has 3 aliphatic heterocycles. The topological polar surface area (TPSA) is 39.3 Å². The molecule has 1 aromatic rings. The Balaban J connectivity index is 1.24. The first-order valence-electron chi connectivity index (χ1n) is 11.4. The highest BCUT2D eigenvalue weighted by Gasteiger charge is 2.30. The lowest BCUT2D eigenvalue weighted by Gasteiger charge is -2.44. The summed E-state index contributed by atoms with van der Waals surface area (Å²) < 4.78 is 0. The van der Waals surface area contributed by atoms with Crippen molar-refractivity contribution in [2.45, 2.75) is 45.1 Å². The second kappa shape index (κ2) is 9.92. The zero-order chi connectivity index (χ0) is 20.1. The molecule has 3 fully saturated rings. The van der Waals surface area contributed by atoms with Gasteiger partial charge in [0.15, 0.2) is 0 Å². The van der Waals surface area contributed by atoms with Gasteiger partial charge in [-0.2, -0.15) is 5.06 Å². The van der Waals surface area contributed by atoms with Crippen LogP contribution in [0.25, 0.3) is 0 Å². The number of piperidine rings is 1. The molecule has 6 nitrogen and oxygen atoms in total. The number of amides is 1. The fourth-order valence-corrected chi connectivity index (χ4v) is 4.93. The number of hydroxylamine groups is 2. The Kier molecular flexibility index (Phi) is 7.06. The van der Waals surface area contributed by atoms with Crippen molar-refractivity contribution in [3.05, 3.63) is 29.8 Å². The summed E-state index contributed by atoms with van der Waals surface area (Å²) in [5, 5.41) is 1.98. The Morgan fingerprint density at radius 3 is 2.62 bits per heavy atom. The molecule has 6 heteroatoms. The Morgan fingerprint density at radius 1 is 1.03 bits per heavy atom. The molecule has 0 aromatic heterocycles. The molecule has 1 atom stereocenters. The van der Waals surface area contributed by atoms with Crippen molar-refractivity contribution >= 4 is 11.6 Å². The van der Waals surface area contributed by atoms with E-state index in [0.29, 0.717) is 18.4 Å². The van der Waals surface area contributed by atoms with Gasteiger partial charge >= 0.3 is 0 Å². The molecular weight excluding hydrogens is 364 g/mol. The monoisotopic (exact) mass is 400 g/mol. The van der Waals surface area contributed by atoms with Crippen molar-refractivity contribution in [2.75, 3.05) is 63.9 Å². The minimum Gasteiger partial charge on any atom is -0.369 e. The molecule has 1 aromatic carbocycles. The Labute approximate surface area is 175 Å². The molecule has 160 valence electrons. The third-order valence-electron chi connectivity index (χ3n) is 6.69. The van der Waals surface area contributed by atoms with Gasteiger partial charge in [0, 0.05) is 70.5 Å². The smallest absolute Gasteiger partial charge is 0.224 e. The summed E-state index contributed by atoms with van der Waals surface area (Å²) in [4.78, 5) is 25.6. The van der Waals surface area contributed by atoms with E-state index in [1.165, 1.54) is 24.1 Å². The third kappa shape index (κ3) is 5.30. The molecule has 0 aliphatic carbocycles. The van der Waals surface area contributed by atoms with Gasteiger partial charge < -0.3 is 9.80 Å². The van der Waals surface area contributed by atoms with Crippen molar-refractivity contribution in [3.63, 3.8) is 0 Å². The number of nitrogens with zero attached hydrogens (tertiary/aromatic N) is 4. The zero-order valence-corrected chi connectivity index (χ0v) is 17.9. The summed E-state index contributed by atoms with van der Waals surface area (Å²) in [5.74, 6) is 0.294. The molecule has 3 aliphatic rings. The van der Waals surface area contributed by atoms with Gasteiger partial charge in [-0.3, -0.25) is 14.5 Å². The van der Waals surface area contributed by atoms with Gasteiger partial charge in [0.25, 0.3) is 0 Å². The van der Waals surface area contributed by atoms with Crippen molar-refractivity contribution in [2.24, 2.45) is 0 Å². The average molecular weight is 401 g/mol. The number of carbonyl (C=O) groups excluding carboxylic acids is 1. The molecule has 4 rings (SSSR count). The van der Waals surface area contributed by atoms with Crippen molar-refractivity contribution in [3.8, 4) is 0 Å². The van der Waals surface area contributed by atoms with Crippen LogP contribution in [-0.4, -0.2) is 85.8 Å². The third-order valence-corrected chi connectivity index (χ3v) is 6.69. The summed E-state index contributed by atoms with van der Waals surface area (Å²) in [7, 11) is 0. The molecule has 0 saturated carbocycles. The number of anilines is 1. The minimum atomic E-state index is 0.294. The van der Waals surface area contributed by atoms with Crippen molar-refractivity contribution in [1.82, 2.24) is 14.9 Å². The van der Waals surface area contributed by atoms with E-state index in [9.17, 15) is 4.79 Å². The SMILES string of the molecule is Cc1ccccc1N1CCN([C@@H]2CCCN(C(=O)CCN3CCCCO3)C2)CC1. The normalized spacial score (nSPS) is 24.7. The van der Waals surface area contributed by atoms with Crippen LogP contribution in [0.4, 0.5) is 5.69 Å². The standard InChI is InChI=1S/C23H36N4O2/c1-20-7-2-3-9-22(20)25-16-14-24(15-17-25)21-8-6-11-26(19-21)23(28)10-13-27-12-4-5-18-29-27/h2-3,7,9,21H,4-6,8,10-19H2,1H3/t21-/m1/s1. The summed E-state index contributed by atoms with van der Waals surface area (Å²) in [6, 6.07) is 9.19. The Morgan fingerprint density at radius 2 is 1.86 bits per heavy atom. The fraction of sp³-hybridized carbons (Fsp3) is 0.696. The van der Waals surface area contributed by atoms with E-state index in [4.69, 9.17) is 4.84 Å². The van der Waals surface area contributed by atoms with Crippen LogP contribution in [0.1, 0.15) is 37.7 Å². The Bertz CT molecular complexity index is 669. The quantitative estimate of drug-likeness (QED) is 0.760. The van der Waals surface area contributed by atoms with Gasteiger partial charge in [-0.05, 0) is 44.2 Å². The lowest BCUT2D eigenvalue weighted by molar-refractivity contribution is -0.182. The second-order valence-electron chi connectivity index (χ2n) is 8.66. The molecule has 29 heavy (non-hydrogen) atoms. The summed E-state index contributed by atoms with van der Waals surface area (Å²) >= 11 is 0. The predicted molar refractivity (Wildman–Crippen MR) is 116 cm³/mol. The average Bonchev–Trinajstić information content (AvgIpc) is 2.79. The number of piperazine rings is 1. The number of hydrogen-bond donors (Lipinski definition) is 0. The van der Waals surface area contributed by atoms with Gasteiger partial charge in [0.1, 0.15) is 0 Å². The van der Waals surface area contributed by atoms with E-state index < -0.39 is 0 Å². The van der Waals surface area contributed by atoms with E-state index in [0.717, 1.165) is 71.8 Å². The number of likely N-dealkylation sites (tertiary alicyclic amines) is 1. The van der Waals surface area contributed by atoms with E-state index in [1.54, 1.807) is 0 Å². The maximum atomic E-state index is 12.8. The molecule has 0 N–H and O–H groups in total. The van der Waals surface area contributed by atoms with Crippen molar-refractivity contribution < 1.29 is 9.63 Å². The second-order valence-corrected chi connectivity index (χ2v) is 8.66. The fourth-order valence-electron chi connectivity index (χ4n) is 4.93. The van der Waals surface area contributed by atoms with E-state index in [1.807, 2.05) is 5.06 Å². The molecule has 3 saturated heterocycles. The van der Waals surface area contributed by atoms with Crippen LogP contribution in [0, 0.1) is 6.92 Å².